The van der Waals surface area contributed by atoms with Gasteiger partial charge in [-0.25, -0.2) is 0 Å². The van der Waals surface area contributed by atoms with Crippen LogP contribution in [0.25, 0.3) is 0 Å². The second kappa shape index (κ2) is 60.8. The zero-order chi connectivity index (χ0) is 53.6. The Balaban J connectivity index is 4.21. The summed E-state index contributed by atoms with van der Waals surface area (Å²) in [6, 6.07) is 0. The third-order valence-corrected chi connectivity index (χ3v) is 12.1. The lowest BCUT2D eigenvalue weighted by atomic mass is 10.1. The fourth-order valence-corrected chi connectivity index (χ4v) is 7.62. The molecule has 0 aliphatic heterocycles. The van der Waals surface area contributed by atoms with Crippen LogP contribution < -0.4 is 0 Å². The first-order chi connectivity index (χ1) is 36.5. The summed E-state index contributed by atoms with van der Waals surface area (Å²) in [7, 11) is 0. The molecule has 0 radical (unpaired) electrons. The highest BCUT2D eigenvalue weighted by Gasteiger charge is 2.19. The van der Waals surface area contributed by atoms with Gasteiger partial charge in [0.1, 0.15) is 13.2 Å². The smallest absolute Gasteiger partial charge is 0.306 e. The molecule has 6 heteroatoms. The summed E-state index contributed by atoms with van der Waals surface area (Å²) in [6.45, 7) is 6.37. The summed E-state index contributed by atoms with van der Waals surface area (Å²) < 4.78 is 16.7. The maximum absolute atomic E-state index is 12.8. The first-order valence-corrected chi connectivity index (χ1v) is 29.8. The van der Waals surface area contributed by atoms with E-state index in [1.54, 1.807) is 0 Å². The molecule has 0 aromatic heterocycles. The molecule has 0 amide bonds. The molecular formula is C68H108O6. The second-order valence-electron chi connectivity index (χ2n) is 19.2. The second-order valence-corrected chi connectivity index (χ2v) is 19.2. The van der Waals surface area contributed by atoms with Crippen LogP contribution >= 0.6 is 0 Å². The van der Waals surface area contributed by atoms with Crippen LogP contribution in [-0.4, -0.2) is 37.2 Å². The Labute approximate surface area is 455 Å². The Morgan fingerprint density at radius 2 is 0.527 bits per heavy atom. The Bertz CT molecular complexity index is 1640. The maximum Gasteiger partial charge on any atom is 0.306 e. The molecule has 0 heterocycles. The maximum atomic E-state index is 12.8. The fraction of sp³-hybridized carbons (Fsp3) is 0.603. The summed E-state index contributed by atoms with van der Waals surface area (Å²) in [5.74, 6) is -0.974. The van der Waals surface area contributed by atoms with Gasteiger partial charge >= 0.3 is 17.9 Å². The molecule has 0 aromatic rings. The predicted molar refractivity (Wildman–Crippen MR) is 320 cm³/mol. The summed E-state index contributed by atoms with van der Waals surface area (Å²) in [6.07, 6.45) is 87.5. The van der Waals surface area contributed by atoms with Gasteiger partial charge in [0.25, 0.3) is 0 Å². The van der Waals surface area contributed by atoms with Crippen molar-refractivity contribution in [1.82, 2.24) is 0 Å². The molecule has 0 N–H and O–H groups in total. The Hall–Kier alpha value is -4.71. The number of rotatable bonds is 52. The lowest BCUT2D eigenvalue weighted by molar-refractivity contribution is -0.167. The van der Waals surface area contributed by atoms with Crippen molar-refractivity contribution < 1.29 is 28.6 Å². The average Bonchev–Trinajstić information content (AvgIpc) is 3.40. The van der Waals surface area contributed by atoms with E-state index in [9.17, 15) is 14.4 Å². The molecule has 6 nitrogen and oxygen atoms in total. The standard InChI is InChI=1S/C68H108O6/c1-4-7-10-13-15-17-19-21-23-25-27-28-29-30-31-32-33-34-35-36-37-38-39-40-41-43-44-46-48-50-52-55-58-61-67(70)73-64-65(63-72-66(69)60-57-54-12-9-6-3)74-68(71)62-59-56-53-51-49-47-45-42-26-24-22-20-18-16-14-11-8-5-2/h7,10,15,17-18,20-21,23-24,26-28,30-31,33-34,36-37,39-40,43-44,48,50,65H,4-6,8-9,11-14,16,19,22,25,29,32,35,38,41-42,45-47,49,51-64H2,1-3H3/b10-7-,17-15-,20-18-,23-21-,26-24-,28-27-,31-30-,34-33-,37-36-,40-39-,44-43-,50-48-. The van der Waals surface area contributed by atoms with Crippen molar-refractivity contribution >= 4 is 17.9 Å². The van der Waals surface area contributed by atoms with Crippen molar-refractivity contribution in [3.05, 3.63) is 146 Å². The van der Waals surface area contributed by atoms with Crippen molar-refractivity contribution in [2.45, 2.75) is 252 Å². The first kappa shape index (κ1) is 69.3. The summed E-state index contributed by atoms with van der Waals surface area (Å²) >= 11 is 0. The van der Waals surface area contributed by atoms with E-state index in [4.69, 9.17) is 14.2 Å². The lowest BCUT2D eigenvalue weighted by Crippen LogP contribution is -2.30. The number of hydrogen-bond acceptors (Lipinski definition) is 6. The van der Waals surface area contributed by atoms with Gasteiger partial charge in [0.15, 0.2) is 6.10 Å². The normalized spacial score (nSPS) is 13.2. The molecule has 0 aliphatic rings. The topological polar surface area (TPSA) is 78.9 Å². The van der Waals surface area contributed by atoms with E-state index in [-0.39, 0.29) is 31.1 Å². The molecule has 0 saturated heterocycles. The predicted octanol–water partition coefficient (Wildman–Crippen LogP) is 20.4. The van der Waals surface area contributed by atoms with Crippen molar-refractivity contribution in [3.8, 4) is 0 Å². The van der Waals surface area contributed by atoms with Gasteiger partial charge in [-0.15, -0.1) is 0 Å². The molecule has 0 rings (SSSR count). The van der Waals surface area contributed by atoms with E-state index < -0.39 is 6.10 Å². The van der Waals surface area contributed by atoms with E-state index >= 15 is 0 Å². The van der Waals surface area contributed by atoms with Crippen molar-refractivity contribution in [2.75, 3.05) is 13.2 Å². The van der Waals surface area contributed by atoms with E-state index in [1.165, 1.54) is 57.8 Å². The SMILES string of the molecule is CC/C=C\C/C=C\C/C=C\C/C=C\C/C=C\C/C=C\C/C=C\C/C=C\C/C=C\C/C=C\CCCCC(=O)OCC(COC(=O)CCCCCCC)OC(=O)CCCCCCCCC/C=C\C/C=C\CCCCCC. The number of allylic oxidation sites excluding steroid dienone is 24. The van der Waals surface area contributed by atoms with E-state index in [1.807, 2.05) is 0 Å². The van der Waals surface area contributed by atoms with E-state index in [0.717, 1.165) is 141 Å². The quantitative estimate of drug-likeness (QED) is 0.0261. The van der Waals surface area contributed by atoms with Gasteiger partial charge in [0.05, 0.1) is 0 Å². The van der Waals surface area contributed by atoms with Crippen LogP contribution in [0.4, 0.5) is 0 Å². The molecule has 0 spiro atoms. The first-order valence-electron chi connectivity index (χ1n) is 29.8. The number of carbonyl (C=O) groups is 3. The Kier molecular flexibility index (Phi) is 57.0. The van der Waals surface area contributed by atoms with Gasteiger partial charge in [-0.2, -0.15) is 0 Å². The van der Waals surface area contributed by atoms with Gasteiger partial charge in [-0.05, 0) is 128 Å². The molecule has 0 fully saturated rings. The number of ether oxygens (including phenoxy) is 3. The van der Waals surface area contributed by atoms with Crippen LogP contribution in [-0.2, 0) is 28.6 Å². The summed E-state index contributed by atoms with van der Waals surface area (Å²) in [5, 5.41) is 0. The molecule has 74 heavy (non-hydrogen) atoms. The van der Waals surface area contributed by atoms with Crippen LogP contribution in [0.2, 0.25) is 0 Å². The zero-order valence-corrected chi connectivity index (χ0v) is 47.5. The highest BCUT2D eigenvalue weighted by atomic mass is 16.6. The van der Waals surface area contributed by atoms with E-state index in [2.05, 4.69) is 167 Å². The van der Waals surface area contributed by atoms with Crippen LogP contribution in [0.3, 0.4) is 0 Å². The van der Waals surface area contributed by atoms with Crippen molar-refractivity contribution in [1.29, 1.82) is 0 Å². The highest BCUT2D eigenvalue weighted by Crippen LogP contribution is 2.13. The molecule has 1 unspecified atom stereocenters. The number of carbonyl (C=O) groups excluding carboxylic acids is 3. The van der Waals surface area contributed by atoms with Gasteiger partial charge in [-0.3, -0.25) is 14.4 Å². The number of hydrogen-bond donors (Lipinski definition) is 0. The largest absolute Gasteiger partial charge is 0.462 e. The lowest BCUT2D eigenvalue weighted by Gasteiger charge is -2.18. The third kappa shape index (κ3) is 58.2. The fourth-order valence-electron chi connectivity index (χ4n) is 7.62. The Morgan fingerprint density at radius 1 is 0.284 bits per heavy atom. The molecule has 0 bridgehead atoms. The van der Waals surface area contributed by atoms with Crippen LogP contribution in [0.15, 0.2) is 146 Å². The minimum Gasteiger partial charge on any atom is -0.462 e. The highest BCUT2D eigenvalue weighted by molar-refractivity contribution is 5.71. The molecule has 0 saturated carbocycles. The molecule has 416 valence electrons. The molecule has 0 aromatic carbocycles. The summed E-state index contributed by atoms with van der Waals surface area (Å²) in [4.78, 5) is 37.8. The third-order valence-electron chi connectivity index (χ3n) is 12.1. The van der Waals surface area contributed by atoms with Gasteiger partial charge in [0.2, 0.25) is 0 Å². The van der Waals surface area contributed by atoms with Gasteiger partial charge in [0, 0.05) is 19.3 Å². The van der Waals surface area contributed by atoms with Gasteiger partial charge in [-0.1, -0.05) is 244 Å². The van der Waals surface area contributed by atoms with Gasteiger partial charge < -0.3 is 14.2 Å². The molecule has 0 aliphatic carbocycles. The molecule has 1 atom stereocenters. The number of esters is 3. The monoisotopic (exact) mass is 1020 g/mol. The van der Waals surface area contributed by atoms with E-state index in [0.29, 0.717) is 25.7 Å². The minimum atomic E-state index is -0.802. The number of unbranched alkanes of at least 4 members (excludes halogenated alkanes) is 17. The average molecular weight is 1020 g/mol. The Morgan fingerprint density at radius 3 is 0.865 bits per heavy atom. The van der Waals surface area contributed by atoms with Crippen molar-refractivity contribution in [2.24, 2.45) is 0 Å². The molecular weight excluding hydrogens is 913 g/mol. The summed E-state index contributed by atoms with van der Waals surface area (Å²) in [5.41, 5.74) is 0. The minimum absolute atomic E-state index is 0.100. The van der Waals surface area contributed by atoms with Crippen LogP contribution in [0.5, 0.6) is 0 Å². The van der Waals surface area contributed by atoms with Crippen LogP contribution in [0.1, 0.15) is 245 Å². The van der Waals surface area contributed by atoms with Crippen molar-refractivity contribution in [3.63, 3.8) is 0 Å². The zero-order valence-electron chi connectivity index (χ0n) is 47.5. The van der Waals surface area contributed by atoms with Crippen LogP contribution in [0, 0.1) is 0 Å².